The molecule has 0 radical (unpaired) electrons. The van der Waals surface area contributed by atoms with Crippen LogP contribution < -0.4 is 4.74 Å². The minimum Gasteiger partial charge on any atom is -0.510 e. The average molecular weight is 746 g/mol. The number of ether oxygens (including phenoxy) is 2. The first-order valence-corrected chi connectivity index (χ1v) is 18.3. The van der Waals surface area contributed by atoms with Crippen LogP contribution in [0.15, 0.2) is 42.2 Å². The van der Waals surface area contributed by atoms with Crippen molar-refractivity contribution in [3.63, 3.8) is 0 Å². The molecule has 0 aliphatic carbocycles. The highest BCUT2D eigenvalue weighted by Crippen LogP contribution is 2.48. The molecule has 1 aliphatic heterocycles. The van der Waals surface area contributed by atoms with E-state index in [2.05, 4.69) is 0 Å². The third kappa shape index (κ3) is 8.70. The Balaban J connectivity index is 0.000000293. The number of aliphatic hydroxyl groups excluding tert-OH is 1. The number of benzene rings is 3. The number of hydrogen-bond acceptors (Lipinski definition) is 8. The Morgan fingerprint density at radius 1 is 0.898 bits per heavy atom. The monoisotopic (exact) mass is 744 g/mol. The molecule has 264 valence electrons. The van der Waals surface area contributed by atoms with Crippen molar-refractivity contribution in [2.24, 2.45) is 0 Å². The van der Waals surface area contributed by atoms with Crippen LogP contribution in [0.2, 0.25) is 10.0 Å². The Kier molecular flexibility index (Phi) is 13.2. The molecule has 1 N–H and O–H groups in total. The Morgan fingerprint density at radius 3 is 1.92 bits per heavy atom. The second-order valence-electron chi connectivity index (χ2n) is 13.2. The van der Waals surface area contributed by atoms with Crippen molar-refractivity contribution in [2.75, 3.05) is 14.2 Å². The normalized spacial score (nSPS) is 14.7. The second kappa shape index (κ2) is 16.0. The molecule has 3 aromatic rings. The van der Waals surface area contributed by atoms with Crippen LogP contribution in [-0.4, -0.2) is 45.7 Å². The smallest absolute Gasteiger partial charge is 0.320 e. The fourth-order valence-electron chi connectivity index (χ4n) is 5.57. The molecule has 49 heavy (non-hydrogen) atoms. The van der Waals surface area contributed by atoms with Gasteiger partial charge in [-0.2, -0.15) is 0 Å². The summed E-state index contributed by atoms with van der Waals surface area (Å²) in [6.07, 6.45) is 0. The number of Topliss-reactive ketones (excluding diaryl/α,β-unsaturated/α-hetero) is 1. The van der Waals surface area contributed by atoms with E-state index in [1.807, 2.05) is 99.6 Å². The maximum atomic E-state index is 13.6. The van der Waals surface area contributed by atoms with Gasteiger partial charge in [-0.15, -0.1) is 11.8 Å². The topological polar surface area (TPSA) is 89.9 Å². The molecule has 0 aromatic heterocycles. The zero-order valence-corrected chi connectivity index (χ0v) is 33.5. The zero-order chi connectivity index (χ0) is 37.2. The molecule has 4 rings (SSSR count). The second-order valence-corrected chi connectivity index (χ2v) is 17.2. The van der Waals surface area contributed by atoms with Crippen LogP contribution in [-0.2, 0) is 24.9 Å². The van der Waals surface area contributed by atoms with Crippen molar-refractivity contribution < 1.29 is 29.0 Å². The summed E-state index contributed by atoms with van der Waals surface area (Å²) >= 11 is 15.4. The lowest BCUT2D eigenvalue weighted by Gasteiger charge is -2.29. The lowest BCUT2D eigenvalue weighted by atomic mass is 9.84. The van der Waals surface area contributed by atoms with Crippen LogP contribution in [0.25, 0.3) is 5.57 Å². The third-order valence-electron chi connectivity index (χ3n) is 9.22. The van der Waals surface area contributed by atoms with Crippen LogP contribution in [0, 0.1) is 41.5 Å². The van der Waals surface area contributed by atoms with Gasteiger partial charge in [0.2, 0.25) is 5.12 Å². The van der Waals surface area contributed by atoms with Gasteiger partial charge in [0.05, 0.1) is 29.3 Å². The first-order valence-electron chi connectivity index (χ1n) is 15.8. The molecule has 1 atom stereocenters. The minimum atomic E-state index is -1.07. The first-order chi connectivity index (χ1) is 22.7. The summed E-state index contributed by atoms with van der Waals surface area (Å²) in [7, 11) is 2.92. The number of methoxy groups -OCH3 is 2. The lowest BCUT2D eigenvalue weighted by Crippen LogP contribution is -2.38. The standard InChI is InChI=1S/C24H29ClO4S.C15H17ClO2S/c1-14-12-19(25)20(16(3)15(14)2)21(23(27)29-7)22(26)24(4,5)30-13-17-8-10-18(28-6)11-9-17;1-7-6-10(16)11(9(3)8(7)2)12-13(17)15(4,5)19-14(12)18/h8-12,21H,13H2,1-7H3;6,17H,1-5H3. The number of halogens is 2. The molecule has 1 aliphatic rings. The van der Waals surface area contributed by atoms with Crippen molar-refractivity contribution in [3.05, 3.63) is 102 Å². The molecule has 0 bridgehead atoms. The van der Waals surface area contributed by atoms with Gasteiger partial charge in [-0.3, -0.25) is 14.4 Å². The molecule has 0 amide bonds. The average Bonchev–Trinajstić information content (AvgIpc) is 3.25. The van der Waals surface area contributed by atoms with Crippen molar-refractivity contribution >= 4 is 69.2 Å². The summed E-state index contributed by atoms with van der Waals surface area (Å²) < 4.78 is 8.79. The number of aryl methyl sites for hydroxylation is 2. The van der Waals surface area contributed by atoms with Gasteiger partial charge in [-0.05, 0) is 138 Å². The summed E-state index contributed by atoms with van der Waals surface area (Å²) in [5, 5.41) is 11.1. The summed E-state index contributed by atoms with van der Waals surface area (Å²) in [5.74, 6) is -0.357. The van der Waals surface area contributed by atoms with Crippen LogP contribution in [0.4, 0.5) is 0 Å². The number of carbonyl (C=O) groups is 3. The van der Waals surface area contributed by atoms with E-state index in [1.165, 1.54) is 18.9 Å². The highest BCUT2D eigenvalue weighted by Gasteiger charge is 2.43. The molecule has 1 unspecified atom stereocenters. The molecule has 0 saturated carbocycles. The Morgan fingerprint density at radius 2 is 1.43 bits per heavy atom. The zero-order valence-electron chi connectivity index (χ0n) is 30.3. The predicted molar refractivity (Wildman–Crippen MR) is 206 cm³/mol. The maximum Gasteiger partial charge on any atom is 0.320 e. The fourth-order valence-corrected chi connectivity index (χ4v) is 8.33. The van der Waals surface area contributed by atoms with E-state index in [4.69, 9.17) is 32.7 Å². The SMILES string of the molecule is COC(=O)C(C(=O)C(C)(C)SCc1ccc(OC)cc1)c1c(Cl)cc(C)c(C)c1C.Cc1cc(Cl)c(C2=C(O)C(C)(C)SC2=O)c(C)c1C. The number of aliphatic hydroxyl groups is 1. The number of ketones is 1. The maximum absolute atomic E-state index is 13.6. The number of rotatable bonds is 9. The van der Waals surface area contributed by atoms with Gasteiger partial charge in [0.15, 0.2) is 5.78 Å². The molecular formula is C39H46Cl2O6S2. The van der Waals surface area contributed by atoms with Gasteiger partial charge in [0.25, 0.3) is 0 Å². The van der Waals surface area contributed by atoms with Crippen LogP contribution in [0.1, 0.15) is 83.7 Å². The minimum absolute atomic E-state index is 0.115. The van der Waals surface area contributed by atoms with E-state index in [1.54, 1.807) is 13.2 Å². The summed E-state index contributed by atoms with van der Waals surface area (Å²) in [4.78, 5) is 38.5. The number of esters is 1. The molecule has 0 fully saturated rings. The quantitative estimate of drug-likeness (QED) is 0.171. The van der Waals surface area contributed by atoms with Gasteiger partial charge in [0.1, 0.15) is 17.4 Å². The first kappa shape index (κ1) is 40.5. The molecule has 3 aromatic carbocycles. The molecule has 6 nitrogen and oxygen atoms in total. The van der Waals surface area contributed by atoms with Crippen LogP contribution >= 0.6 is 46.7 Å². The number of thioether (sulfide) groups is 2. The predicted octanol–water partition coefficient (Wildman–Crippen LogP) is 10.4. The fraction of sp³-hybridized carbons (Fsp3) is 0.410. The summed E-state index contributed by atoms with van der Waals surface area (Å²) in [6, 6.07) is 11.4. The number of carbonyl (C=O) groups excluding carboxylic acids is 3. The Hall–Kier alpha value is -2.91. The van der Waals surface area contributed by atoms with E-state index < -0.39 is 21.4 Å². The lowest BCUT2D eigenvalue weighted by molar-refractivity contribution is -0.146. The molecule has 1 heterocycles. The Bertz CT molecular complexity index is 1810. The van der Waals surface area contributed by atoms with Gasteiger partial charge in [0, 0.05) is 21.4 Å². The van der Waals surface area contributed by atoms with Gasteiger partial charge in [-0.25, -0.2) is 0 Å². The molecule has 10 heteroatoms. The summed E-state index contributed by atoms with van der Waals surface area (Å²) in [6.45, 7) is 19.1. The van der Waals surface area contributed by atoms with E-state index in [9.17, 15) is 19.5 Å². The highest BCUT2D eigenvalue weighted by molar-refractivity contribution is 8.16. The molecule has 0 spiro atoms. The number of hydrogen-bond donors (Lipinski definition) is 1. The Labute approximate surface area is 309 Å². The van der Waals surface area contributed by atoms with Crippen LogP contribution in [0.5, 0.6) is 5.75 Å². The van der Waals surface area contributed by atoms with Crippen molar-refractivity contribution in [1.29, 1.82) is 0 Å². The van der Waals surface area contributed by atoms with E-state index in [0.29, 0.717) is 32.5 Å². The molecule has 0 saturated heterocycles. The van der Waals surface area contributed by atoms with E-state index >= 15 is 0 Å². The van der Waals surface area contributed by atoms with Gasteiger partial charge >= 0.3 is 5.97 Å². The van der Waals surface area contributed by atoms with Gasteiger partial charge in [-0.1, -0.05) is 47.1 Å². The van der Waals surface area contributed by atoms with E-state index in [-0.39, 0.29) is 16.7 Å². The largest absolute Gasteiger partial charge is 0.510 e. The van der Waals surface area contributed by atoms with E-state index in [0.717, 1.165) is 56.5 Å². The van der Waals surface area contributed by atoms with Crippen molar-refractivity contribution in [1.82, 2.24) is 0 Å². The van der Waals surface area contributed by atoms with Crippen LogP contribution in [0.3, 0.4) is 0 Å². The van der Waals surface area contributed by atoms with Crippen molar-refractivity contribution in [3.8, 4) is 5.75 Å². The third-order valence-corrected chi connectivity index (χ3v) is 12.3. The molecular weight excluding hydrogens is 699 g/mol. The summed E-state index contributed by atoms with van der Waals surface area (Å²) in [5.41, 5.74) is 8.66. The van der Waals surface area contributed by atoms with Crippen molar-refractivity contribution in [2.45, 2.75) is 90.4 Å². The van der Waals surface area contributed by atoms with Gasteiger partial charge < -0.3 is 14.6 Å². The highest BCUT2D eigenvalue weighted by atomic mass is 35.5.